The highest BCUT2D eigenvalue weighted by atomic mass is 16.8. The molecule has 68 heavy (non-hydrogen) atoms. The maximum absolute atomic E-state index is 12.6. The molecule has 8 aliphatic rings. The van der Waals surface area contributed by atoms with Crippen LogP contribution in [0.2, 0.25) is 0 Å². The normalized spacial score (nSPS) is 56.0. The summed E-state index contributed by atoms with van der Waals surface area (Å²) in [6, 6.07) is 0. The first-order valence-corrected chi connectivity index (χ1v) is 24.4. The van der Waals surface area contributed by atoms with Crippen molar-refractivity contribution in [2.45, 2.75) is 211 Å². The second-order valence-corrected chi connectivity index (χ2v) is 23.3. The van der Waals surface area contributed by atoms with Crippen LogP contribution in [0.5, 0.6) is 0 Å². The number of aliphatic hydroxyl groups is 10. The van der Waals surface area contributed by atoms with Crippen molar-refractivity contribution < 1.29 is 99.3 Å². The third kappa shape index (κ3) is 7.85. The van der Waals surface area contributed by atoms with E-state index in [4.69, 9.17) is 28.4 Å². The lowest BCUT2D eigenvalue weighted by atomic mass is 9.33. The molecule has 5 aliphatic carbocycles. The monoisotopic (exact) mass is 972 g/mol. The lowest BCUT2D eigenvalue weighted by Gasteiger charge is -2.71. The fourth-order valence-corrected chi connectivity index (χ4v) is 15.1. The highest BCUT2D eigenvalue weighted by Crippen LogP contribution is 2.76. The van der Waals surface area contributed by atoms with Gasteiger partial charge in [-0.25, -0.2) is 4.79 Å². The number of rotatable bonds is 10. The Hall–Kier alpha value is -1.96. The summed E-state index contributed by atoms with van der Waals surface area (Å²) in [5.74, 6) is -2.68. The van der Waals surface area contributed by atoms with Gasteiger partial charge in [0.15, 0.2) is 25.0 Å². The van der Waals surface area contributed by atoms with Crippen molar-refractivity contribution in [3.8, 4) is 0 Å². The minimum atomic E-state index is -2.10. The molecule has 8 rings (SSSR count). The summed E-state index contributed by atoms with van der Waals surface area (Å²) in [5, 5.41) is 130. The molecule has 20 heteroatoms. The Morgan fingerprint density at radius 1 is 0.662 bits per heavy atom. The van der Waals surface area contributed by atoms with Crippen molar-refractivity contribution in [2.75, 3.05) is 13.2 Å². The molecule has 0 spiro atoms. The molecule has 0 aromatic carbocycles. The van der Waals surface area contributed by atoms with Crippen molar-refractivity contribution in [3.63, 3.8) is 0 Å². The number of fused-ring (bicyclic) bond motifs is 7. The average Bonchev–Trinajstić information content (AvgIpc) is 3.28. The van der Waals surface area contributed by atoms with E-state index in [1.807, 2.05) is 6.92 Å². The number of carbonyl (C=O) groups is 2. The van der Waals surface area contributed by atoms with E-state index in [2.05, 4.69) is 33.8 Å². The second-order valence-electron chi connectivity index (χ2n) is 23.3. The van der Waals surface area contributed by atoms with Crippen molar-refractivity contribution in [1.82, 2.24) is 0 Å². The van der Waals surface area contributed by atoms with E-state index in [0.29, 0.717) is 32.1 Å². The third-order valence-corrected chi connectivity index (χ3v) is 19.8. The highest BCUT2D eigenvalue weighted by Gasteiger charge is 2.70. The number of carboxylic acids is 2. The summed E-state index contributed by atoms with van der Waals surface area (Å²) in [6.45, 7) is 12.9. The molecule has 26 atom stereocenters. The van der Waals surface area contributed by atoms with E-state index >= 15 is 0 Å². The van der Waals surface area contributed by atoms with Crippen molar-refractivity contribution in [3.05, 3.63) is 11.6 Å². The minimum Gasteiger partial charge on any atom is -0.481 e. The van der Waals surface area contributed by atoms with Gasteiger partial charge >= 0.3 is 11.9 Å². The number of hydrogen-bond acceptors (Lipinski definition) is 18. The molecular formula is C48H76O20. The van der Waals surface area contributed by atoms with Crippen molar-refractivity contribution >= 4 is 11.9 Å². The van der Waals surface area contributed by atoms with E-state index < -0.39 is 139 Å². The van der Waals surface area contributed by atoms with Gasteiger partial charge in [-0.2, -0.15) is 0 Å². The zero-order valence-electron chi connectivity index (χ0n) is 40.0. The van der Waals surface area contributed by atoms with Gasteiger partial charge in [-0.1, -0.05) is 46.3 Å². The van der Waals surface area contributed by atoms with Crippen LogP contribution in [0.15, 0.2) is 11.6 Å². The quantitative estimate of drug-likeness (QED) is 0.0994. The fraction of sp³-hybridized carbons (Fsp3) is 0.917. The zero-order valence-corrected chi connectivity index (χ0v) is 40.0. The number of hydrogen-bond donors (Lipinski definition) is 12. The molecule has 3 saturated heterocycles. The van der Waals surface area contributed by atoms with Crippen LogP contribution in [-0.4, -0.2) is 191 Å². The summed E-state index contributed by atoms with van der Waals surface area (Å²) < 4.78 is 36.1. The van der Waals surface area contributed by atoms with E-state index in [0.717, 1.165) is 19.3 Å². The summed E-state index contributed by atoms with van der Waals surface area (Å²) in [7, 11) is 0. The number of carboxylic acid groups (broad SMARTS) is 2. The van der Waals surface area contributed by atoms with Gasteiger partial charge in [-0.05, 0) is 106 Å². The van der Waals surface area contributed by atoms with Gasteiger partial charge in [-0.15, -0.1) is 0 Å². The Bertz CT molecular complexity index is 1920. The zero-order chi connectivity index (χ0) is 50.0. The predicted octanol–water partition coefficient (Wildman–Crippen LogP) is -0.231. The third-order valence-electron chi connectivity index (χ3n) is 19.8. The molecule has 12 N–H and O–H groups in total. The maximum Gasteiger partial charge on any atom is 0.335 e. The molecule has 0 aromatic heterocycles. The van der Waals surface area contributed by atoms with Crippen LogP contribution in [-0.2, 0) is 38.0 Å². The molecule has 0 amide bonds. The van der Waals surface area contributed by atoms with Crippen molar-refractivity contribution in [1.29, 1.82) is 0 Å². The molecule has 0 radical (unpaired) electrons. The van der Waals surface area contributed by atoms with Gasteiger partial charge < -0.3 is 89.7 Å². The van der Waals surface area contributed by atoms with Gasteiger partial charge in [0.2, 0.25) is 0 Å². The average molecular weight is 973 g/mol. The second kappa shape index (κ2) is 18.2. The smallest absolute Gasteiger partial charge is 0.335 e. The largest absolute Gasteiger partial charge is 0.481 e. The molecule has 3 heterocycles. The van der Waals surface area contributed by atoms with Crippen LogP contribution in [0.4, 0.5) is 0 Å². The number of aliphatic hydroxyl groups excluding tert-OH is 10. The molecule has 0 aromatic rings. The lowest BCUT2D eigenvalue weighted by Crippen LogP contribution is -2.68. The van der Waals surface area contributed by atoms with Crippen LogP contribution < -0.4 is 0 Å². The molecule has 7 fully saturated rings. The fourth-order valence-electron chi connectivity index (χ4n) is 15.1. The molecule has 4 saturated carbocycles. The molecule has 3 aliphatic heterocycles. The Labute approximate surface area is 396 Å². The van der Waals surface area contributed by atoms with Gasteiger partial charge in [0.1, 0.15) is 61.0 Å². The SMILES string of the molecule is C[C@@H]1O[C@H](O[C@@H]2[C@@H](O[C@@H]3[C@@H](O[C@H]4CC[C@]5(C)[C@H](CC[C@@]6(C)[C@@H]5CC=C5[C@@H]7C[C@](C)(C(=O)O)C[C@@H](O)[C@@]7(C)CC[C@]56C)[C@]4(C)CO)O[C@@H](C(=O)O)[C@H](O)[C@H]3O)O[C@@H](CO)[C@H](O)[C@H]2O)[C@@H](O)[C@H](O)[C@H]1O. The van der Waals surface area contributed by atoms with Crippen LogP contribution in [0.3, 0.4) is 0 Å². The number of aliphatic carboxylic acids is 2. The Kier molecular flexibility index (Phi) is 14.0. The van der Waals surface area contributed by atoms with E-state index in [1.165, 1.54) is 12.5 Å². The van der Waals surface area contributed by atoms with E-state index in [9.17, 15) is 70.9 Å². The topological polar surface area (TPSA) is 332 Å². The van der Waals surface area contributed by atoms with Gasteiger partial charge in [0.05, 0.1) is 36.9 Å². The van der Waals surface area contributed by atoms with Gasteiger partial charge in [-0.3, -0.25) is 4.79 Å². The molecular weight excluding hydrogens is 897 g/mol. The van der Waals surface area contributed by atoms with E-state index in [-0.39, 0.29) is 47.0 Å². The molecule has 20 nitrogen and oxygen atoms in total. The Balaban J connectivity index is 1.08. The first-order chi connectivity index (χ1) is 31.7. The van der Waals surface area contributed by atoms with Crippen LogP contribution in [0, 0.1) is 50.2 Å². The highest BCUT2D eigenvalue weighted by molar-refractivity contribution is 5.74. The lowest BCUT2D eigenvalue weighted by molar-refractivity contribution is -0.396. The number of ether oxygens (including phenoxy) is 6. The summed E-state index contributed by atoms with van der Waals surface area (Å²) >= 11 is 0. The minimum absolute atomic E-state index is 0.114. The van der Waals surface area contributed by atoms with Gasteiger partial charge in [0.25, 0.3) is 0 Å². The van der Waals surface area contributed by atoms with E-state index in [1.54, 1.807) is 6.92 Å². The predicted molar refractivity (Wildman–Crippen MR) is 233 cm³/mol. The summed E-state index contributed by atoms with van der Waals surface area (Å²) in [5.41, 5.74) is -2.20. The van der Waals surface area contributed by atoms with Crippen LogP contribution >= 0.6 is 0 Å². The Morgan fingerprint density at radius 3 is 1.91 bits per heavy atom. The maximum atomic E-state index is 12.6. The summed E-state index contributed by atoms with van der Waals surface area (Å²) in [6.07, 6.45) is -20.6. The molecule has 0 unspecified atom stereocenters. The number of allylic oxidation sites excluding steroid dienone is 2. The van der Waals surface area contributed by atoms with Crippen LogP contribution in [0.1, 0.15) is 106 Å². The molecule has 0 bridgehead atoms. The van der Waals surface area contributed by atoms with Crippen molar-refractivity contribution in [2.24, 2.45) is 50.2 Å². The summed E-state index contributed by atoms with van der Waals surface area (Å²) in [4.78, 5) is 25.1. The first-order valence-electron chi connectivity index (χ1n) is 24.4. The van der Waals surface area contributed by atoms with Gasteiger partial charge in [0, 0.05) is 10.8 Å². The first kappa shape index (κ1) is 52.4. The van der Waals surface area contributed by atoms with Crippen LogP contribution in [0.25, 0.3) is 0 Å². The standard InChI is InChI=1S/C48H76O20/c1-20-28(52)30(54)34(58)39(63-20)67-36-31(55)29(53)23(18-49)64-40(36)68-37-33(57)32(56)35(38(59)60)66-41(37)65-27-11-12-45(4)24(46(27,5)19-50)10-13-48(7)25(45)9-8-21-22-16-43(2,42(61)62)17-26(51)44(22,3)14-15-47(21,48)6/h8,20,22-37,39-41,49-58H,9-19H2,1-7H3,(H,59,60)(H,61,62)/t20-,22-,23-,24-,25+,26+,27-,28-,29-,30+,31+,32+,33+,34-,35+,36-,37-,39+,40+,41-,43-,44-,45+,46-,47+,48-/m0/s1. The molecule has 388 valence electrons. The Morgan fingerprint density at radius 2 is 1.29 bits per heavy atom.